The predicted molar refractivity (Wildman–Crippen MR) is 74.5 cm³/mol. The number of aryl methyl sites for hydroxylation is 1. The third kappa shape index (κ3) is 3.55. The third-order valence-corrected chi connectivity index (χ3v) is 2.94. The molecule has 0 aliphatic carbocycles. The Morgan fingerprint density at radius 3 is 2.68 bits per heavy atom. The van der Waals surface area contributed by atoms with Crippen LogP contribution in [0.3, 0.4) is 0 Å². The van der Waals surface area contributed by atoms with E-state index in [1.807, 2.05) is 38.1 Å². The van der Waals surface area contributed by atoms with Crippen LogP contribution >= 0.6 is 0 Å². The molecule has 0 unspecified atom stereocenters. The lowest BCUT2D eigenvalue weighted by Crippen LogP contribution is -2.08. The van der Waals surface area contributed by atoms with Crippen molar-refractivity contribution in [3.8, 4) is 5.75 Å². The number of benzene rings is 2. The average molecular weight is 259 g/mol. The SMILES string of the molecule is Cc1cccc(COc2cc(F)ccc2[C@H](C)N)c1. The molecule has 0 fully saturated rings. The number of halogens is 1. The van der Waals surface area contributed by atoms with E-state index in [-0.39, 0.29) is 11.9 Å². The molecule has 0 radical (unpaired) electrons. The van der Waals surface area contributed by atoms with Crippen molar-refractivity contribution >= 4 is 0 Å². The molecule has 2 nitrogen and oxygen atoms in total. The molecule has 0 saturated carbocycles. The summed E-state index contributed by atoms with van der Waals surface area (Å²) < 4.78 is 19.0. The summed E-state index contributed by atoms with van der Waals surface area (Å²) in [5.74, 6) is 0.195. The minimum Gasteiger partial charge on any atom is -0.488 e. The molecule has 0 heterocycles. The Balaban J connectivity index is 2.17. The zero-order valence-electron chi connectivity index (χ0n) is 11.2. The van der Waals surface area contributed by atoms with Gasteiger partial charge in [-0.05, 0) is 25.5 Å². The molecule has 2 N–H and O–H groups in total. The zero-order valence-corrected chi connectivity index (χ0v) is 11.2. The monoisotopic (exact) mass is 259 g/mol. The summed E-state index contributed by atoms with van der Waals surface area (Å²) in [6, 6.07) is 12.3. The molecule has 0 aliphatic rings. The topological polar surface area (TPSA) is 35.2 Å². The third-order valence-electron chi connectivity index (χ3n) is 2.94. The van der Waals surface area contributed by atoms with Crippen molar-refractivity contribution in [3.63, 3.8) is 0 Å². The average Bonchev–Trinajstić information content (AvgIpc) is 2.36. The summed E-state index contributed by atoms with van der Waals surface area (Å²) in [4.78, 5) is 0. The van der Waals surface area contributed by atoms with Crippen LogP contribution in [0.5, 0.6) is 5.75 Å². The van der Waals surface area contributed by atoms with Gasteiger partial charge in [-0.15, -0.1) is 0 Å². The fourth-order valence-electron chi connectivity index (χ4n) is 1.97. The molecule has 0 bridgehead atoms. The van der Waals surface area contributed by atoms with Gasteiger partial charge in [0.15, 0.2) is 0 Å². The maximum Gasteiger partial charge on any atom is 0.127 e. The molecular weight excluding hydrogens is 241 g/mol. The van der Waals surface area contributed by atoms with E-state index in [0.717, 1.165) is 11.1 Å². The van der Waals surface area contributed by atoms with Crippen LogP contribution in [0.25, 0.3) is 0 Å². The van der Waals surface area contributed by atoms with Crippen molar-refractivity contribution in [1.82, 2.24) is 0 Å². The summed E-state index contributed by atoms with van der Waals surface area (Å²) in [5.41, 5.74) is 8.90. The van der Waals surface area contributed by atoms with E-state index < -0.39 is 0 Å². The standard InChI is InChI=1S/C16H18FNO/c1-11-4-3-5-13(8-11)10-19-16-9-14(17)6-7-15(16)12(2)18/h3-9,12H,10,18H2,1-2H3/t12-/m0/s1. The maximum atomic E-state index is 13.3. The van der Waals surface area contributed by atoms with Crippen LogP contribution in [0.4, 0.5) is 4.39 Å². The van der Waals surface area contributed by atoms with Gasteiger partial charge in [-0.1, -0.05) is 35.9 Å². The highest BCUT2D eigenvalue weighted by Crippen LogP contribution is 2.25. The van der Waals surface area contributed by atoms with Crippen LogP contribution in [0.15, 0.2) is 42.5 Å². The normalized spacial score (nSPS) is 12.2. The summed E-state index contributed by atoms with van der Waals surface area (Å²) in [6.45, 7) is 4.29. The summed E-state index contributed by atoms with van der Waals surface area (Å²) in [5, 5.41) is 0. The number of hydrogen-bond donors (Lipinski definition) is 1. The fraction of sp³-hybridized carbons (Fsp3) is 0.250. The number of ether oxygens (including phenoxy) is 1. The second-order valence-corrected chi connectivity index (χ2v) is 4.75. The Bertz CT molecular complexity index is 566. The van der Waals surface area contributed by atoms with Crippen LogP contribution in [0, 0.1) is 12.7 Å². The molecular formula is C16H18FNO. The first-order valence-corrected chi connectivity index (χ1v) is 6.29. The molecule has 0 spiro atoms. The minimum absolute atomic E-state index is 0.187. The van der Waals surface area contributed by atoms with Crippen molar-refractivity contribution in [2.75, 3.05) is 0 Å². The van der Waals surface area contributed by atoms with E-state index in [1.54, 1.807) is 6.07 Å². The van der Waals surface area contributed by atoms with Crippen LogP contribution in [0.2, 0.25) is 0 Å². The Morgan fingerprint density at radius 2 is 2.00 bits per heavy atom. The van der Waals surface area contributed by atoms with Gasteiger partial charge in [-0.3, -0.25) is 0 Å². The second-order valence-electron chi connectivity index (χ2n) is 4.75. The van der Waals surface area contributed by atoms with Crippen LogP contribution in [-0.2, 0) is 6.61 Å². The Labute approximate surface area is 113 Å². The molecule has 3 heteroatoms. The van der Waals surface area contributed by atoms with Gasteiger partial charge in [0.2, 0.25) is 0 Å². The highest BCUT2D eigenvalue weighted by Gasteiger charge is 2.09. The first-order valence-electron chi connectivity index (χ1n) is 6.29. The van der Waals surface area contributed by atoms with Gasteiger partial charge in [0, 0.05) is 17.7 Å². The second kappa shape index (κ2) is 5.85. The van der Waals surface area contributed by atoms with Crippen molar-refractivity contribution < 1.29 is 9.13 Å². The van der Waals surface area contributed by atoms with Crippen molar-refractivity contribution in [2.45, 2.75) is 26.5 Å². The number of rotatable bonds is 4. The van der Waals surface area contributed by atoms with Crippen molar-refractivity contribution in [3.05, 3.63) is 65.0 Å². The first kappa shape index (κ1) is 13.6. The lowest BCUT2D eigenvalue weighted by atomic mass is 10.1. The predicted octanol–water partition coefficient (Wildman–Crippen LogP) is 3.73. The molecule has 0 amide bonds. The lowest BCUT2D eigenvalue weighted by molar-refractivity contribution is 0.299. The largest absolute Gasteiger partial charge is 0.488 e. The Morgan fingerprint density at radius 1 is 1.21 bits per heavy atom. The highest BCUT2D eigenvalue weighted by molar-refractivity contribution is 5.36. The minimum atomic E-state index is -0.316. The molecule has 0 aliphatic heterocycles. The quantitative estimate of drug-likeness (QED) is 0.908. The lowest BCUT2D eigenvalue weighted by Gasteiger charge is -2.14. The first-order chi connectivity index (χ1) is 9.06. The van der Waals surface area contributed by atoms with Gasteiger partial charge in [-0.2, -0.15) is 0 Å². The smallest absolute Gasteiger partial charge is 0.127 e. The van der Waals surface area contributed by atoms with E-state index in [0.29, 0.717) is 12.4 Å². The molecule has 1 atom stereocenters. The fourth-order valence-corrected chi connectivity index (χ4v) is 1.97. The summed E-state index contributed by atoms with van der Waals surface area (Å²) in [6.07, 6.45) is 0. The Kier molecular flexibility index (Phi) is 4.17. The molecule has 2 aromatic rings. The zero-order chi connectivity index (χ0) is 13.8. The number of hydrogen-bond acceptors (Lipinski definition) is 2. The van der Waals surface area contributed by atoms with Crippen molar-refractivity contribution in [2.24, 2.45) is 5.73 Å². The van der Waals surface area contributed by atoms with Gasteiger partial charge in [0.05, 0.1) is 0 Å². The van der Waals surface area contributed by atoms with Crippen LogP contribution in [0.1, 0.15) is 29.7 Å². The van der Waals surface area contributed by atoms with Gasteiger partial charge >= 0.3 is 0 Å². The van der Waals surface area contributed by atoms with E-state index in [1.165, 1.54) is 17.7 Å². The highest BCUT2D eigenvalue weighted by atomic mass is 19.1. The number of nitrogens with two attached hydrogens (primary N) is 1. The van der Waals surface area contributed by atoms with Crippen LogP contribution in [-0.4, -0.2) is 0 Å². The maximum absolute atomic E-state index is 13.3. The summed E-state index contributed by atoms with van der Waals surface area (Å²) >= 11 is 0. The van der Waals surface area contributed by atoms with Gasteiger partial charge in [0.1, 0.15) is 18.2 Å². The van der Waals surface area contributed by atoms with Gasteiger partial charge in [0.25, 0.3) is 0 Å². The van der Waals surface area contributed by atoms with E-state index in [2.05, 4.69) is 0 Å². The Hall–Kier alpha value is -1.87. The van der Waals surface area contributed by atoms with Gasteiger partial charge < -0.3 is 10.5 Å². The molecule has 2 aromatic carbocycles. The molecule has 100 valence electrons. The summed E-state index contributed by atoms with van der Waals surface area (Å²) in [7, 11) is 0. The van der Waals surface area contributed by atoms with Crippen LogP contribution < -0.4 is 10.5 Å². The molecule has 2 rings (SSSR count). The van der Waals surface area contributed by atoms with E-state index in [4.69, 9.17) is 10.5 Å². The molecule has 0 saturated heterocycles. The molecule has 19 heavy (non-hydrogen) atoms. The molecule has 0 aromatic heterocycles. The van der Waals surface area contributed by atoms with E-state index >= 15 is 0 Å². The van der Waals surface area contributed by atoms with Gasteiger partial charge in [-0.25, -0.2) is 4.39 Å². The van der Waals surface area contributed by atoms with Crippen molar-refractivity contribution in [1.29, 1.82) is 0 Å². The van der Waals surface area contributed by atoms with E-state index in [9.17, 15) is 4.39 Å².